The second-order valence-electron chi connectivity index (χ2n) is 7.60. The number of hydrazone groups is 1. The number of sulfonamides is 1. The van der Waals surface area contributed by atoms with Gasteiger partial charge < -0.3 is 4.74 Å². The lowest BCUT2D eigenvalue weighted by atomic mass is 10.2. The predicted octanol–water partition coefficient (Wildman–Crippen LogP) is 4.85. The zero-order chi connectivity index (χ0) is 26.3. The van der Waals surface area contributed by atoms with Crippen molar-refractivity contribution in [2.24, 2.45) is 5.10 Å². The highest BCUT2D eigenvalue weighted by atomic mass is 35.5. The Bertz CT molecular complexity index is 1330. The summed E-state index contributed by atoms with van der Waals surface area (Å²) in [6, 6.07) is 17.7. The third-order valence-corrected chi connectivity index (χ3v) is 6.14. The number of rotatable bonds is 9. The third kappa shape index (κ3) is 7.99. The maximum Gasteiger partial charge on any atom is 0.416 e. The minimum Gasteiger partial charge on any atom is -0.489 e. The van der Waals surface area contributed by atoms with E-state index in [4.69, 9.17) is 16.3 Å². The van der Waals surface area contributed by atoms with E-state index in [0.717, 1.165) is 24.0 Å². The summed E-state index contributed by atoms with van der Waals surface area (Å²) in [6.07, 6.45) is -2.54. The molecule has 0 aromatic heterocycles. The zero-order valence-electron chi connectivity index (χ0n) is 18.9. The Kier molecular flexibility index (Phi) is 8.59. The van der Waals surface area contributed by atoms with Gasteiger partial charge in [-0.3, -0.25) is 9.10 Å². The lowest BCUT2D eigenvalue weighted by Gasteiger charge is -2.22. The molecule has 1 amide bonds. The lowest BCUT2D eigenvalue weighted by molar-refractivity contribution is -0.137. The molecule has 0 bridgehead atoms. The molecule has 0 aliphatic rings. The van der Waals surface area contributed by atoms with Crippen LogP contribution in [0.3, 0.4) is 0 Å². The van der Waals surface area contributed by atoms with Crippen LogP contribution < -0.4 is 14.5 Å². The molecule has 0 heterocycles. The van der Waals surface area contributed by atoms with Gasteiger partial charge >= 0.3 is 6.18 Å². The van der Waals surface area contributed by atoms with Crippen LogP contribution in [-0.4, -0.2) is 33.3 Å². The molecule has 3 aromatic rings. The van der Waals surface area contributed by atoms with Crippen molar-refractivity contribution in [1.82, 2.24) is 5.43 Å². The van der Waals surface area contributed by atoms with E-state index in [9.17, 15) is 26.4 Å². The van der Waals surface area contributed by atoms with Crippen LogP contribution in [0.1, 0.15) is 16.7 Å². The topological polar surface area (TPSA) is 88.1 Å². The number of carbonyl (C=O) groups is 1. The van der Waals surface area contributed by atoms with E-state index in [1.165, 1.54) is 12.3 Å². The molecule has 3 rings (SSSR count). The van der Waals surface area contributed by atoms with Gasteiger partial charge in [0.25, 0.3) is 5.91 Å². The summed E-state index contributed by atoms with van der Waals surface area (Å²) in [5.74, 6) is -0.229. The molecule has 36 heavy (non-hydrogen) atoms. The summed E-state index contributed by atoms with van der Waals surface area (Å²) in [5, 5.41) is 4.41. The fraction of sp³-hybridized carbons (Fsp3) is 0.167. The average Bonchev–Trinajstić information content (AvgIpc) is 2.82. The molecular formula is C24H21ClF3N3O4S. The summed E-state index contributed by atoms with van der Waals surface area (Å²) >= 11 is 5.85. The highest BCUT2D eigenvalue weighted by Gasteiger charge is 2.32. The SMILES string of the molecule is CS(=O)(=O)N(CC(=O)N/N=C\c1ccc(OCc2ccc(Cl)cc2)cc1)c1cccc(C(F)(F)F)c1. The van der Waals surface area contributed by atoms with Crippen molar-refractivity contribution in [3.63, 3.8) is 0 Å². The first-order valence-electron chi connectivity index (χ1n) is 10.4. The van der Waals surface area contributed by atoms with Gasteiger partial charge in [-0.2, -0.15) is 18.3 Å². The van der Waals surface area contributed by atoms with Crippen molar-refractivity contribution in [3.05, 3.63) is 94.5 Å². The second-order valence-corrected chi connectivity index (χ2v) is 9.94. The maximum absolute atomic E-state index is 13.0. The largest absolute Gasteiger partial charge is 0.489 e. The fourth-order valence-corrected chi connectivity index (χ4v) is 3.95. The van der Waals surface area contributed by atoms with Crippen molar-refractivity contribution in [2.75, 3.05) is 17.1 Å². The van der Waals surface area contributed by atoms with Crippen LogP contribution in [0.5, 0.6) is 5.75 Å². The molecule has 0 saturated heterocycles. The Hall–Kier alpha value is -3.57. The van der Waals surface area contributed by atoms with Crippen LogP contribution in [0.2, 0.25) is 5.02 Å². The van der Waals surface area contributed by atoms with Gasteiger partial charge in [0.1, 0.15) is 18.9 Å². The predicted molar refractivity (Wildman–Crippen MR) is 132 cm³/mol. The molecule has 0 atom stereocenters. The molecule has 0 saturated carbocycles. The standard InChI is InChI=1S/C24H21ClF3N3O4S/c1-36(33,34)31(21-4-2-3-19(13-21)24(26,27)28)15-23(32)30-29-14-17-7-11-22(12-8-17)35-16-18-5-9-20(25)10-6-18/h2-14H,15-16H2,1H3,(H,30,32)/b29-14-. The van der Waals surface area contributed by atoms with Crippen LogP contribution in [0, 0.1) is 0 Å². The molecule has 0 unspecified atom stereocenters. The first-order chi connectivity index (χ1) is 16.9. The van der Waals surface area contributed by atoms with E-state index in [1.54, 1.807) is 36.4 Å². The molecule has 0 aliphatic heterocycles. The Labute approximate surface area is 211 Å². The van der Waals surface area contributed by atoms with Crippen LogP contribution in [0.15, 0.2) is 77.9 Å². The monoisotopic (exact) mass is 539 g/mol. The highest BCUT2D eigenvalue weighted by Crippen LogP contribution is 2.32. The lowest BCUT2D eigenvalue weighted by Crippen LogP contribution is -2.39. The quantitative estimate of drug-likeness (QED) is 0.311. The zero-order valence-corrected chi connectivity index (χ0v) is 20.4. The molecule has 190 valence electrons. The molecular weight excluding hydrogens is 519 g/mol. The molecule has 3 aromatic carbocycles. The summed E-state index contributed by atoms with van der Waals surface area (Å²) < 4.78 is 69.5. The van der Waals surface area contributed by atoms with Gasteiger partial charge in [-0.25, -0.2) is 13.8 Å². The normalized spacial score (nSPS) is 11.9. The van der Waals surface area contributed by atoms with Gasteiger partial charge in [-0.05, 0) is 65.7 Å². The number of carbonyl (C=O) groups excluding carboxylic acids is 1. The fourth-order valence-electron chi connectivity index (χ4n) is 2.98. The maximum atomic E-state index is 13.0. The molecule has 1 N–H and O–H groups in total. The Morgan fingerprint density at radius 1 is 1.08 bits per heavy atom. The van der Waals surface area contributed by atoms with Gasteiger partial charge in [0.05, 0.1) is 23.7 Å². The summed E-state index contributed by atoms with van der Waals surface area (Å²) in [7, 11) is -4.05. The number of ether oxygens (including phenoxy) is 1. The summed E-state index contributed by atoms with van der Waals surface area (Å²) in [5.41, 5.74) is 2.41. The molecule has 0 aliphatic carbocycles. The average molecular weight is 540 g/mol. The van der Waals surface area contributed by atoms with Crippen LogP contribution in [0.25, 0.3) is 0 Å². The van der Waals surface area contributed by atoms with Gasteiger partial charge in [0, 0.05) is 5.02 Å². The number of amides is 1. The number of alkyl halides is 3. The number of benzene rings is 3. The smallest absolute Gasteiger partial charge is 0.416 e. The van der Waals surface area contributed by atoms with Crippen LogP contribution >= 0.6 is 11.6 Å². The number of nitrogens with zero attached hydrogens (tertiary/aromatic N) is 2. The number of hydrogen-bond acceptors (Lipinski definition) is 5. The van der Waals surface area contributed by atoms with Gasteiger partial charge in [0.15, 0.2) is 0 Å². The highest BCUT2D eigenvalue weighted by molar-refractivity contribution is 7.92. The van der Waals surface area contributed by atoms with E-state index in [-0.39, 0.29) is 5.69 Å². The second kappa shape index (κ2) is 11.4. The summed E-state index contributed by atoms with van der Waals surface area (Å²) in [4.78, 5) is 12.3. The Balaban J connectivity index is 1.58. The summed E-state index contributed by atoms with van der Waals surface area (Å²) in [6.45, 7) is -0.404. The molecule has 0 radical (unpaired) electrons. The van der Waals surface area contributed by atoms with Crippen molar-refractivity contribution >= 4 is 39.4 Å². The van der Waals surface area contributed by atoms with Crippen molar-refractivity contribution in [3.8, 4) is 5.75 Å². The number of anilines is 1. The van der Waals surface area contributed by atoms with Crippen molar-refractivity contribution < 1.29 is 31.1 Å². The molecule has 0 spiro atoms. The minimum absolute atomic E-state index is 0.291. The van der Waals surface area contributed by atoms with Crippen LogP contribution in [-0.2, 0) is 27.6 Å². The van der Waals surface area contributed by atoms with Crippen LogP contribution in [0.4, 0.5) is 18.9 Å². The number of nitrogens with one attached hydrogen (secondary N) is 1. The Morgan fingerprint density at radius 3 is 2.36 bits per heavy atom. The van der Waals surface area contributed by atoms with E-state index in [1.807, 2.05) is 12.1 Å². The molecule has 12 heteroatoms. The van der Waals surface area contributed by atoms with E-state index in [0.29, 0.717) is 33.3 Å². The number of halogens is 4. The third-order valence-electron chi connectivity index (χ3n) is 4.75. The van der Waals surface area contributed by atoms with E-state index in [2.05, 4.69) is 10.5 Å². The first-order valence-corrected chi connectivity index (χ1v) is 12.6. The van der Waals surface area contributed by atoms with Gasteiger partial charge in [-0.15, -0.1) is 0 Å². The van der Waals surface area contributed by atoms with Crippen molar-refractivity contribution in [1.29, 1.82) is 0 Å². The first kappa shape index (κ1) is 27.0. The minimum atomic E-state index is -4.66. The van der Waals surface area contributed by atoms with Crippen molar-refractivity contribution in [2.45, 2.75) is 12.8 Å². The van der Waals surface area contributed by atoms with E-state index < -0.39 is 34.2 Å². The Morgan fingerprint density at radius 2 is 1.75 bits per heavy atom. The van der Waals surface area contributed by atoms with Gasteiger partial charge in [-0.1, -0.05) is 29.8 Å². The number of hydrogen-bond donors (Lipinski definition) is 1. The molecule has 7 nitrogen and oxygen atoms in total. The molecule has 0 fully saturated rings. The van der Waals surface area contributed by atoms with Gasteiger partial charge in [0.2, 0.25) is 10.0 Å². The van der Waals surface area contributed by atoms with E-state index >= 15 is 0 Å².